The molecule has 23 heavy (non-hydrogen) atoms. The Labute approximate surface area is 138 Å². The van der Waals surface area contributed by atoms with E-state index < -0.39 is 0 Å². The van der Waals surface area contributed by atoms with Crippen molar-refractivity contribution in [3.8, 4) is 0 Å². The molecule has 4 saturated heterocycles. The molecule has 0 saturated carbocycles. The van der Waals surface area contributed by atoms with Gasteiger partial charge >= 0.3 is 5.97 Å². The summed E-state index contributed by atoms with van der Waals surface area (Å²) in [6, 6.07) is 1.29. The summed E-state index contributed by atoms with van der Waals surface area (Å²) in [5, 5.41) is 0. The smallest absolute Gasteiger partial charge is 0.302 e. The number of hydrogen-bond acceptors (Lipinski definition) is 4. The van der Waals surface area contributed by atoms with E-state index in [9.17, 15) is 9.59 Å². The zero-order valence-electron chi connectivity index (χ0n) is 14.2. The molecule has 0 aliphatic carbocycles. The SMILES string of the molecule is CC(=O)O[C@@H]1CC[C@@H]2N3C(=O)CCC[C@H]3C[C@H]3C[C@@H](C)C[C@H]1N32. The number of carbonyl (C=O) groups excluding carboxylic acids is 2. The van der Waals surface area contributed by atoms with Crippen LogP contribution in [0.3, 0.4) is 0 Å². The minimum absolute atomic E-state index is 0.00504. The molecule has 0 aromatic carbocycles. The zero-order valence-corrected chi connectivity index (χ0v) is 14.2. The molecule has 1 amide bonds. The topological polar surface area (TPSA) is 49.9 Å². The summed E-state index contributed by atoms with van der Waals surface area (Å²) in [6.07, 6.45) is 8.42. The summed E-state index contributed by atoms with van der Waals surface area (Å²) < 4.78 is 5.65. The third-order valence-corrected chi connectivity index (χ3v) is 6.40. The number of carbonyl (C=O) groups is 2. The van der Waals surface area contributed by atoms with Gasteiger partial charge in [-0.25, -0.2) is 0 Å². The second-order valence-corrected chi connectivity index (χ2v) is 8.03. The number of rotatable bonds is 1. The first kappa shape index (κ1) is 15.4. The van der Waals surface area contributed by atoms with Crippen LogP contribution in [0.25, 0.3) is 0 Å². The van der Waals surface area contributed by atoms with Gasteiger partial charge in [0.1, 0.15) is 6.10 Å². The lowest BCUT2D eigenvalue weighted by Gasteiger charge is -2.62. The van der Waals surface area contributed by atoms with Gasteiger partial charge in [-0.2, -0.15) is 0 Å². The molecule has 0 N–H and O–H groups in total. The second kappa shape index (κ2) is 5.76. The molecule has 0 aromatic rings. The van der Waals surface area contributed by atoms with Crippen LogP contribution in [0.4, 0.5) is 0 Å². The fourth-order valence-electron chi connectivity index (χ4n) is 5.72. The highest BCUT2D eigenvalue weighted by molar-refractivity contribution is 5.77. The first-order chi connectivity index (χ1) is 11.0. The first-order valence-corrected chi connectivity index (χ1v) is 9.30. The van der Waals surface area contributed by atoms with E-state index in [1.54, 1.807) is 0 Å². The number of ether oxygens (including phenoxy) is 1. The summed E-state index contributed by atoms with van der Waals surface area (Å²) in [7, 11) is 0. The van der Waals surface area contributed by atoms with Gasteiger partial charge in [0.25, 0.3) is 0 Å². The highest BCUT2D eigenvalue weighted by atomic mass is 16.5. The maximum Gasteiger partial charge on any atom is 0.302 e. The van der Waals surface area contributed by atoms with Crippen molar-refractivity contribution in [2.24, 2.45) is 5.92 Å². The van der Waals surface area contributed by atoms with E-state index in [-0.39, 0.29) is 18.2 Å². The fourth-order valence-corrected chi connectivity index (χ4v) is 5.72. The summed E-state index contributed by atoms with van der Waals surface area (Å²) in [4.78, 5) is 28.8. The van der Waals surface area contributed by atoms with Crippen molar-refractivity contribution >= 4 is 11.9 Å². The molecule has 6 atom stereocenters. The predicted octanol–water partition coefficient (Wildman–Crippen LogP) is 2.29. The molecule has 5 nitrogen and oxygen atoms in total. The maximum absolute atomic E-state index is 12.5. The van der Waals surface area contributed by atoms with Crippen LogP contribution in [0.5, 0.6) is 0 Å². The fraction of sp³-hybridized carbons (Fsp3) is 0.889. The number of nitrogens with zero attached hydrogens (tertiary/aromatic N) is 2. The molecule has 5 heteroatoms. The molecular formula is C18H28N2O3. The molecule has 0 unspecified atom stereocenters. The lowest BCUT2D eigenvalue weighted by atomic mass is 9.75. The van der Waals surface area contributed by atoms with E-state index in [0.717, 1.165) is 32.1 Å². The van der Waals surface area contributed by atoms with Crippen molar-refractivity contribution in [3.63, 3.8) is 0 Å². The summed E-state index contributed by atoms with van der Waals surface area (Å²) in [5.74, 6) is 0.837. The van der Waals surface area contributed by atoms with Gasteiger partial charge in [0.2, 0.25) is 5.91 Å². The van der Waals surface area contributed by atoms with Gasteiger partial charge in [-0.1, -0.05) is 6.92 Å². The number of fused-ring (bicyclic) bond motifs is 2. The molecule has 0 aromatic heterocycles. The van der Waals surface area contributed by atoms with E-state index in [1.165, 1.54) is 19.8 Å². The normalized spacial score (nSPS) is 43.6. The first-order valence-electron chi connectivity index (χ1n) is 9.30. The van der Waals surface area contributed by atoms with E-state index in [2.05, 4.69) is 16.7 Å². The monoisotopic (exact) mass is 320 g/mol. The molecule has 4 heterocycles. The molecule has 4 rings (SSSR count). The standard InChI is InChI=1S/C18H28N2O3/c1-11-8-14-10-13-4-3-5-18(22)20(13)17-7-6-16(23-12(2)21)15(9-11)19(14)17/h11,13-17H,3-10H2,1-2H3/t11-,13+,14-,15-,16-,17+/m1/s1. The van der Waals surface area contributed by atoms with Crippen LogP contribution in [0, 0.1) is 5.92 Å². The van der Waals surface area contributed by atoms with Crippen LogP contribution in [0.1, 0.15) is 65.2 Å². The second-order valence-electron chi connectivity index (χ2n) is 8.03. The van der Waals surface area contributed by atoms with E-state index in [0.29, 0.717) is 36.4 Å². The third-order valence-electron chi connectivity index (χ3n) is 6.40. The van der Waals surface area contributed by atoms with Crippen LogP contribution in [-0.4, -0.2) is 52.1 Å². The van der Waals surface area contributed by atoms with E-state index in [1.807, 2.05) is 0 Å². The maximum atomic E-state index is 12.5. The summed E-state index contributed by atoms with van der Waals surface area (Å²) >= 11 is 0. The van der Waals surface area contributed by atoms with Gasteiger partial charge in [-0.3, -0.25) is 14.5 Å². The lowest BCUT2D eigenvalue weighted by molar-refractivity contribution is -0.194. The Morgan fingerprint density at radius 3 is 2.74 bits per heavy atom. The minimum atomic E-state index is -0.174. The Hall–Kier alpha value is -1.10. The number of esters is 1. The Bertz CT molecular complexity index is 508. The average molecular weight is 320 g/mol. The number of hydrogen-bond donors (Lipinski definition) is 0. The van der Waals surface area contributed by atoms with E-state index >= 15 is 0 Å². The van der Waals surface area contributed by atoms with E-state index in [4.69, 9.17) is 4.74 Å². The molecule has 4 aliphatic rings. The van der Waals surface area contributed by atoms with Crippen LogP contribution < -0.4 is 0 Å². The number of amides is 1. The van der Waals surface area contributed by atoms with Gasteiger partial charge < -0.3 is 9.64 Å². The van der Waals surface area contributed by atoms with Crippen LogP contribution in [-0.2, 0) is 14.3 Å². The van der Waals surface area contributed by atoms with Crippen LogP contribution in [0.2, 0.25) is 0 Å². The zero-order chi connectivity index (χ0) is 16.1. The summed E-state index contributed by atoms with van der Waals surface area (Å²) in [6.45, 7) is 3.83. The van der Waals surface area contributed by atoms with Crippen molar-refractivity contribution in [2.45, 2.75) is 95.6 Å². The molecule has 0 bridgehead atoms. The minimum Gasteiger partial charge on any atom is -0.461 e. The van der Waals surface area contributed by atoms with Gasteiger partial charge in [-0.15, -0.1) is 0 Å². The van der Waals surface area contributed by atoms with Gasteiger partial charge in [0.05, 0.1) is 6.17 Å². The van der Waals surface area contributed by atoms with Crippen molar-refractivity contribution < 1.29 is 14.3 Å². The molecule has 4 aliphatic heterocycles. The van der Waals surface area contributed by atoms with Gasteiger partial charge in [0.15, 0.2) is 0 Å². The molecule has 128 valence electrons. The highest BCUT2D eigenvalue weighted by Crippen LogP contribution is 2.45. The van der Waals surface area contributed by atoms with Gasteiger partial charge in [0, 0.05) is 31.5 Å². The van der Waals surface area contributed by atoms with Gasteiger partial charge in [-0.05, 0) is 50.9 Å². The Morgan fingerprint density at radius 2 is 1.96 bits per heavy atom. The lowest BCUT2D eigenvalue weighted by Crippen LogP contribution is -2.72. The van der Waals surface area contributed by atoms with Crippen molar-refractivity contribution in [1.82, 2.24) is 9.80 Å². The quantitative estimate of drug-likeness (QED) is 0.696. The molecule has 4 fully saturated rings. The number of piperidine rings is 3. The van der Waals surface area contributed by atoms with Crippen molar-refractivity contribution in [2.75, 3.05) is 0 Å². The summed E-state index contributed by atoms with van der Waals surface area (Å²) in [5.41, 5.74) is 0. The average Bonchev–Trinajstić information content (AvgIpc) is 2.48. The molecular weight excluding hydrogens is 292 g/mol. The largest absolute Gasteiger partial charge is 0.461 e. The Kier molecular flexibility index (Phi) is 3.87. The molecule has 0 radical (unpaired) electrons. The van der Waals surface area contributed by atoms with Crippen molar-refractivity contribution in [1.29, 1.82) is 0 Å². The predicted molar refractivity (Wildman–Crippen MR) is 85.5 cm³/mol. The third kappa shape index (κ3) is 2.57. The van der Waals surface area contributed by atoms with Crippen molar-refractivity contribution in [3.05, 3.63) is 0 Å². The van der Waals surface area contributed by atoms with Crippen LogP contribution in [0.15, 0.2) is 0 Å². The Balaban J connectivity index is 1.63. The van der Waals surface area contributed by atoms with Crippen LogP contribution >= 0.6 is 0 Å². The highest BCUT2D eigenvalue weighted by Gasteiger charge is 2.53. The molecule has 0 spiro atoms. The Morgan fingerprint density at radius 1 is 1.13 bits per heavy atom.